The van der Waals surface area contributed by atoms with Gasteiger partial charge in [-0.1, -0.05) is 36.4 Å². The van der Waals surface area contributed by atoms with Gasteiger partial charge in [0.25, 0.3) is 0 Å². The van der Waals surface area contributed by atoms with Crippen LogP contribution in [0.1, 0.15) is 76.0 Å². The van der Waals surface area contributed by atoms with Crippen LogP contribution in [0.15, 0.2) is 42.5 Å². The zero-order valence-electron chi connectivity index (χ0n) is 25.6. The molecule has 2 aromatic rings. The van der Waals surface area contributed by atoms with Crippen molar-refractivity contribution in [3.8, 4) is 11.1 Å². The van der Waals surface area contributed by atoms with Crippen molar-refractivity contribution in [1.82, 2.24) is 9.21 Å². The SMILES string of the molecule is Cc1cc(C2CCN(S(=O)(=O)OC(=O)C3CCOC(C)C3)CC2)ccc1-c1cccc(CN(C)C(=O)OC(C)(C)C)c1. The lowest BCUT2D eigenvalue weighted by atomic mass is 9.87. The molecule has 42 heavy (non-hydrogen) atoms. The van der Waals surface area contributed by atoms with Crippen LogP contribution in [-0.2, 0) is 35.3 Å². The summed E-state index contributed by atoms with van der Waals surface area (Å²) in [5.74, 6) is -0.918. The maximum absolute atomic E-state index is 12.8. The number of ether oxygens (including phenoxy) is 2. The van der Waals surface area contributed by atoms with Crippen molar-refractivity contribution >= 4 is 22.4 Å². The van der Waals surface area contributed by atoms with Gasteiger partial charge in [0.15, 0.2) is 0 Å². The van der Waals surface area contributed by atoms with Crippen LogP contribution in [0, 0.1) is 12.8 Å². The molecule has 0 radical (unpaired) electrons. The number of piperidine rings is 1. The molecule has 2 unspecified atom stereocenters. The van der Waals surface area contributed by atoms with E-state index < -0.39 is 27.8 Å². The molecule has 0 N–H and O–H groups in total. The Bertz CT molecular complexity index is 1380. The van der Waals surface area contributed by atoms with Crippen molar-refractivity contribution in [3.63, 3.8) is 0 Å². The lowest BCUT2D eigenvalue weighted by molar-refractivity contribution is -0.143. The molecule has 0 bridgehead atoms. The first-order valence-corrected chi connectivity index (χ1v) is 16.1. The normalized spacial score (nSPS) is 20.6. The van der Waals surface area contributed by atoms with Gasteiger partial charge in [-0.25, -0.2) is 4.79 Å². The molecular formula is C32H44N2O7S. The second-order valence-electron chi connectivity index (χ2n) is 12.5. The molecule has 0 saturated carbocycles. The molecule has 230 valence electrons. The Balaban J connectivity index is 1.36. The summed E-state index contributed by atoms with van der Waals surface area (Å²) in [5.41, 5.74) is 4.92. The topological polar surface area (TPSA) is 102 Å². The number of amides is 1. The molecule has 2 fully saturated rings. The molecule has 0 aliphatic carbocycles. The first-order valence-electron chi connectivity index (χ1n) is 14.7. The molecular weight excluding hydrogens is 556 g/mol. The Morgan fingerprint density at radius 1 is 1.07 bits per heavy atom. The molecule has 9 nitrogen and oxygen atoms in total. The summed E-state index contributed by atoms with van der Waals surface area (Å²) < 4.78 is 42.9. The van der Waals surface area contributed by atoms with Crippen molar-refractivity contribution in [2.24, 2.45) is 5.92 Å². The molecule has 1 amide bonds. The van der Waals surface area contributed by atoms with Crippen molar-refractivity contribution in [2.75, 3.05) is 26.7 Å². The third-order valence-corrected chi connectivity index (χ3v) is 9.23. The molecule has 10 heteroatoms. The number of carbonyl (C=O) groups excluding carboxylic acids is 2. The minimum Gasteiger partial charge on any atom is -0.444 e. The monoisotopic (exact) mass is 600 g/mol. The first kappa shape index (κ1) is 32.0. The van der Waals surface area contributed by atoms with Crippen LogP contribution in [-0.4, -0.2) is 68.1 Å². The van der Waals surface area contributed by atoms with E-state index in [9.17, 15) is 18.0 Å². The average molecular weight is 601 g/mol. The van der Waals surface area contributed by atoms with E-state index in [-0.39, 0.29) is 18.1 Å². The summed E-state index contributed by atoms with van der Waals surface area (Å²) in [6.07, 6.45) is 1.80. The standard InChI is InChI=1S/C32H44N2O7S/c1-22-18-26(10-11-29(22)27-9-7-8-24(20-27)21-33(6)31(36)40-32(3,4)5)25-12-15-34(16-13-25)42(37,38)41-30(35)28-14-17-39-23(2)19-28/h7-11,18,20,23,25,28H,12-17,19,21H2,1-6H3. The summed E-state index contributed by atoms with van der Waals surface area (Å²) in [5, 5.41) is 0. The molecule has 2 aliphatic heterocycles. The number of benzene rings is 2. The van der Waals surface area contributed by atoms with Gasteiger partial charge in [-0.05, 0) is 100 Å². The van der Waals surface area contributed by atoms with Gasteiger partial charge in [0, 0.05) is 33.3 Å². The Morgan fingerprint density at radius 2 is 1.79 bits per heavy atom. The van der Waals surface area contributed by atoms with E-state index in [1.807, 2.05) is 39.8 Å². The van der Waals surface area contributed by atoms with E-state index >= 15 is 0 Å². The van der Waals surface area contributed by atoms with Gasteiger partial charge < -0.3 is 18.6 Å². The average Bonchev–Trinajstić information content (AvgIpc) is 2.92. The maximum Gasteiger partial charge on any atom is 0.410 e. The predicted molar refractivity (Wildman–Crippen MR) is 161 cm³/mol. The Morgan fingerprint density at radius 3 is 2.43 bits per heavy atom. The largest absolute Gasteiger partial charge is 0.444 e. The molecule has 2 heterocycles. The minimum absolute atomic E-state index is 0.0839. The highest BCUT2D eigenvalue weighted by Gasteiger charge is 2.35. The molecule has 2 aliphatic rings. The van der Waals surface area contributed by atoms with Crippen molar-refractivity contribution in [2.45, 2.75) is 84.5 Å². The molecule has 0 spiro atoms. The van der Waals surface area contributed by atoms with Gasteiger partial charge in [-0.3, -0.25) is 4.79 Å². The summed E-state index contributed by atoms with van der Waals surface area (Å²) in [6.45, 7) is 11.0. The number of nitrogens with zero attached hydrogens (tertiary/aromatic N) is 2. The number of rotatable bonds is 7. The van der Waals surface area contributed by atoms with E-state index in [1.54, 1.807) is 11.9 Å². The highest BCUT2D eigenvalue weighted by Crippen LogP contribution is 2.33. The van der Waals surface area contributed by atoms with Crippen molar-refractivity contribution in [1.29, 1.82) is 0 Å². The molecule has 0 aromatic heterocycles. The maximum atomic E-state index is 12.8. The van der Waals surface area contributed by atoms with Crippen LogP contribution < -0.4 is 0 Å². The van der Waals surface area contributed by atoms with Crippen LogP contribution in [0.2, 0.25) is 0 Å². The van der Waals surface area contributed by atoms with E-state index in [4.69, 9.17) is 13.7 Å². The smallest absolute Gasteiger partial charge is 0.410 e. The van der Waals surface area contributed by atoms with Crippen LogP contribution in [0.4, 0.5) is 4.79 Å². The first-order chi connectivity index (χ1) is 19.7. The second kappa shape index (κ2) is 13.1. The third kappa shape index (κ3) is 8.33. The van der Waals surface area contributed by atoms with Crippen LogP contribution in [0.3, 0.4) is 0 Å². The predicted octanol–water partition coefficient (Wildman–Crippen LogP) is 5.81. The minimum atomic E-state index is -4.12. The van der Waals surface area contributed by atoms with E-state index in [0.717, 1.165) is 22.3 Å². The lowest BCUT2D eigenvalue weighted by Crippen LogP contribution is -2.41. The Labute approximate surface area is 250 Å². The summed E-state index contributed by atoms with van der Waals surface area (Å²) in [6, 6.07) is 14.5. The Kier molecular flexibility index (Phi) is 10.0. The quantitative estimate of drug-likeness (QED) is 0.395. The Hall–Kier alpha value is -2.95. The van der Waals surface area contributed by atoms with Gasteiger partial charge in [0.1, 0.15) is 5.60 Å². The fraction of sp³-hybridized carbons (Fsp3) is 0.562. The summed E-state index contributed by atoms with van der Waals surface area (Å²) in [7, 11) is -2.39. The van der Waals surface area contributed by atoms with Gasteiger partial charge >= 0.3 is 22.4 Å². The zero-order valence-corrected chi connectivity index (χ0v) is 26.4. The number of carbonyl (C=O) groups is 2. The number of aryl methyl sites for hydroxylation is 1. The van der Waals surface area contributed by atoms with Crippen LogP contribution >= 0.6 is 0 Å². The van der Waals surface area contributed by atoms with Gasteiger partial charge in [-0.2, -0.15) is 12.7 Å². The van der Waals surface area contributed by atoms with E-state index in [2.05, 4.69) is 37.3 Å². The molecule has 2 atom stereocenters. The third-order valence-electron chi connectivity index (χ3n) is 7.86. The van der Waals surface area contributed by atoms with Gasteiger partial charge in [0.2, 0.25) is 0 Å². The number of hydrogen-bond acceptors (Lipinski definition) is 7. The van der Waals surface area contributed by atoms with Gasteiger partial charge in [-0.15, -0.1) is 0 Å². The van der Waals surface area contributed by atoms with E-state index in [1.165, 1.54) is 9.87 Å². The number of hydrogen-bond donors (Lipinski definition) is 0. The van der Waals surface area contributed by atoms with Gasteiger partial charge in [0.05, 0.1) is 12.0 Å². The van der Waals surface area contributed by atoms with Crippen molar-refractivity contribution < 1.29 is 31.7 Å². The molecule has 2 saturated heterocycles. The highest BCUT2D eigenvalue weighted by molar-refractivity contribution is 7.84. The van der Waals surface area contributed by atoms with Crippen LogP contribution in [0.25, 0.3) is 11.1 Å². The second-order valence-corrected chi connectivity index (χ2v) is 14.1. The summed E-state index contributed by atoms with van der Waals surface area (Å²) in [4.78, 5) is 26.5. The van der Waals surface area contributed by atoms with Crippen LogP contribution in [0.5, 0.6) is 0 Å². The summed E-state index contributed by atoms with van der Waals surface area (Å²) >= 11 is 0. The molecule has 2 aromatic carbocycles. The highest BCUT2D eigenvalue weighted by atomic mass is 32.2. The zero-order chi connectivity index (χ0) is 30.7. The lowest BCUT2D eigenvalue weighted by Gasteiger charge is -2.31. The molecule has 4 rings (SSSR count). The van der Waals surface area contributed by atoms with Crippen molar-refractivity contribution in [3.05, 3.63) is 59.2 Å². The fourth-order valence-electron chi connectivity index (χ4n) is 5.63. The van der Waals surface area contributed by atoms with E-state index in [0.29, 0.717) is 51.9 Å². The fourth-order valence-corrected chi connectivity index (χ4v) is 6.74.